The average molecular weight is 723 g/mol. The van der Waals surface area contributed by atoms with Gasteiger partial charge < -0.3 is 20.6 Å². The first kappa shape index (κ1) is 45.7. The van der Waals surface area contributed by atoms with Crippen LogP contribution in [-0.2, 0) is 33.6 Å². The monoisotopic (exact) mass is 722 g/mol. The molecule has 1 aliphatic rings. The number of ketones is 1. The minimum atomic E-state index is -1.69. The molecule has 2 atom stereocenters. The molecule has 0 aromatic rings. The summed E-state index contributed by atoms with van der Waals surface area (Å²) in [7, 11) is 0. The van der Waals surface area contributed by atoms with Crippen molar-refractivity contribution >= 4 is 41.4 Å². The molecule has 12 heteroatoms. The van der Waals surface area contributed by atoms with Crippen LogP contribution in [0.25, 0.3) is 0 Å². The molecule has 2 unspecified atom stereocenters. The van der Waals surface area contributed by atoms with Crippen molar-refractivity contribution in [2.75, 3.05) is 6.54 Å². The topological polar surface area (TPSA) is 195 Å². The number of likely N-dealkylation sites (tertiary alicyclic amines) is 1. The number of rotatable bonds is 32. The number of carbonyl (C=O) groups is 7. The fraction of sp³-hybridized carbons (Fsp3) is 0.821. The number of carboxylic acid groups (broad SMARTS) is 3. The van der Waals surface area contributed by atoms with Crippen LogP contribution in [0, 0.1) is 17.3 Å². The number of Topliss-reactive ketones (excluding diaryl/α,β-unsaturated/α-hetero) is 1. The number of aliphatic carboxylic acids is 3. The quantitative estimate of drug-likeness (QED) is 0.0311. The fourth-order valence-electron chi connectivity index (χ4n) is 6.56. The van der Waals surface area contributed by atoms with Gasteiger partial charge in [0.15, 0.2) is 5.41 Å². The van der Waals surface area contributed by atoms with E-state index in [9.17, 15) is 38.7 Å². The van der Waals surface area contributed by atoms with E-state index >= 15 is 0 Å². The number of hydrogen-bond acceptors (Lipinski definition) is 7. The van der Waals surface area contributed by atoms with Gasteiger partial charge in [-0.2, -0.15) is 0 Å². The Morgan fingerprint density at radius 2 is 1.14 bits per heavy atom. The molecule has 1 fully saturated rings. The lowest BCUT2D eigenvalue weighted by Crippen LogP contribution is -2.41. The molecular weight excluding hydrogens is 656 g/mol. The van der Waals surface area contributed by atoms with E-state index in [2.05, 4.69) is 5.32 Å². The van der Waals surface area contributed by atoms with Gasteiger partial charge in [0, 0.05) is 38.1 Å². The third-order valence-corrected chi connectivity index (χ3v) is 10.3. The highest BCUT2D eigenvalue weighted by atomic mass is 16.4. The van der Waals surface area contributed by atoms with Crippen LogP contribution < -0.4 is 5.32 Å². The summed E-state index contributed by atoms with van der Waals surface area (Å²) in [5.41, 5.74) is -1.69. The first-order chi connectivity index (χ1) is 24.2. The number of carbonyl (C=O) groups excluding carboxylic acids is 4. The van der Waals surface area contributed by atoms with Crippen molar-refractivity contribution in [1.29, 1.82) is 0 Å². The molecule has 292 valence electrons. The molecule has 4 N–H and O–H groups in total. The second-order valence-electron chi connectivity index (χ2n) is 15.0. The molecule has 3 amide bonds. The molecule has 0 aliphatic carbocycles. The summed E-state index contributed by atoms with van der Waals surface area (Å²) in [5, 5.41) is 30.4. The zero-order valence-corrected chi connectivity index (χ0v) is 31.6. The number of hydrogen-bond donors (Lipinski definition) is 4. The lowest BCUT2D eigenvalue weighted by molar-refractivity contribution is -0.164. The third-order valence-electron chi connectivity index (χ3n) is 10.3. The fourth-order valence-corrected chi connectivity index (χ4v) is 6.56. The summed E-state index contributed by atoms with van der Waals surface area (Å²) in [6, 6.07) is -1.09. The van der Waals surface area contributed by atoms with Gasteiger partial charge in [0.1, 0.15) is 11.8 Å². The van der Waals surface area contributed by atoms with E-state index in [-0.39, 0.29) is 67.4 Å². The van der Waals surface area contributed by atoms with Gasteiger partial charge in [0.2, 0.25) is 17.7 Å². The number of imide groups is 1. The Morgan fingerprint density at radius 3 is 1.59 bits per heavy atom. The summed E-state index contributed by atoms with van der Waals surface area (Å²) >= 11 is 0. The van der Waals surface area contributed by atoms with E-state index in [0.29, 0.717) is 45.1 Å². The second kappa shape index (κ2) is 25.6. The molecule has 1 heterocycles. The van der Waals surface area contributed by atoms with Gasteiger partial charge in [-0.15, -0.1) is 0 Å². The highest BCUT2D eigenvalue weighted by Gasteiger charge is 2.41. The minimum Gasteiger partial charge on any atom is -0.480 e. The van der Waals surface area contributed by atoms with Crippen LogP contribution in [0.15, 0.2) is 0 Å². The predicted octanol–water partition coefficient (Wildman–Crippen LogP) is 7.30. The van der Waals surface area contributed by atoms with Crippen LogP contribution in [0.4, 0.5) is 0 Å². The highest BCUT2D eigenvalue weighted by molar-refractivity contribution is 6.03. The molecule has 0 radical (unpaired) electrons. The van der Waals surface area contributed by atoms with E-state index in [1.54, 1.807) is 0 Å². The molecule has 51 heavy (non-hydrogen) atoms. The van der Waals surface area contributed by atoms with Crippen LogP contribution in [0.3, 0.4) is 0 Å². The van der Waals surface area contributed by atoms with Crippen molar-refractivity contribution < 1.29 is 48.9 Å². The van der Waals surface area contributed by atoms with Gasteiger partial charge in [-0.05, 0) is 44.9 Å². The van der Waals surface area contributed by atoms with Crippen molar-refractivity contribution in [1.82, 2.24) is 10.2 Å². The first-order valence-corrected chi connectivity index (χ1v) is 19.6. The highest BCUT2D eigenvalue weighted by Crippen LogP contribution is 2.27. The van der Waals surface area contributed by atoms with Crippen LogP contribution in [-0.4, -0.2) is 74.2 Å². The number of nitrogens with one attached hydrogen (secondary N) is 1. The lowest BCUT2D eigenvalue weighted by Gasteiger charge is -2.19. The van der Waals surface area contributed by atoms with Crippen molar-refractivity contribution in [3.8, 4) is 0 Å². The van der Waals surface area contributed by atoms with Crippen molar-refractivity contribution in [3.63, 3.8) is 0 Å². The molecule has 0 spiro atoms. The zero-order valence-electron chi connectivity index (χ0n) is 31.6. The van der Waals surface area contributed by atoms with E-state index in [0.717, 1.165) is 51.4 Å². The van der Waals surface area contributed by atoms with Crippen LogP contribution in [0.5, 0.6) is 0 Å². The zero-order chi connectivity index (χ0) is 38.2. The van der Waals surface area contributed by atoms with Crippen LogP contribution >= 0.6 is 0 Å². The van der Waals surface area contributed by atoms with Gasteiger partial charge in [-0.3, -0.25) is 33.7 Å². The molecule has 0 saturated carbocycles. The lowest BCUT2D eigenvalue weighted by atomic mass is 9.85. The SMILES string of the molecule is CC(C)C1CC(=O)N(CCCCCC(=O)CCC(NC(=O)CCCCCCCCCCCCCCCCCC(C)(C(=O)O)C(=O)O)C(=O)O)C1=O. The Bertz CT molecular complexity index is 1110. The summed E-state index contributed by atoms with van der Waals surface area (Å²) in [5.74, 6) is -4.40. The van der Waals surface area contributed by atoms with Gasteiger partial charge in [0.25, 0.3) is 0 Å². The van der Waals surface area contributed by atoms with E-state index < -0.39 is 29.4 Å². The number of amides is 3. The average Bonchev–Trinajstić information content (AvgIpc) is 3.36. The second-order valence-corrected chi connectivity index (χ2v) is 15.0. The Labute approximate surface area is 304 Å². The van der Waals surface area contributed by atoms with Crippen molar-refractivity contribution in [2.24, 2.45) is 17.3 Å². The summed E-state index contributed by atoms with van der Waals surface area (Å²) in [6.07, 6.45) is 18.6. The normalized spacial score (nSPS) is 15.4. The first-order valence-electron chi connectivity index (χ1n) is 19.6. The largest absolute Gasteiger partial charge is 0.480 e. The summed E-state index contributed by atoms with van der Waals surface area (Å²) < 4.78 is 0. The van der Waals surface area contributed by atoms with E-state index in [1.807, 2.05) is 13.8 Å². The maximum absolute atomic E-state index is 12.4. The number of carboxylic acids is 3. The summed E-state index contributed by atoms with van der Waals surface area (Å²) in [6.45, 7) is 5.52. The molecule has 1 rings (SSSR count). The third kappa shape index (κ3) is 18.7. The number of unbranched alkanes of at least 4 members (excludes halogenated alkanes) is 16. The maximum atomic E-state index is 12.4. The molecule has 0 aromatic carbocycles. The Kier molecular flexibility index (Phi) is 23.0. The Hall–Kier alpha value is -3.31. The van der Waals surface area contributed by atoms with Crippen molar-refractivity contribution in [3.05, 3.63) is 0 Å². The molecule has 1 saturated heterocycles. The van der Waals surface area contributed by atoms with Gasteiger partial charge in [0.05, 0.1) is 0 Å². The van der Waals surface area contributed by atoms with Crippen molar-refractivity contribution in [2.45, 2.75) is 181 Å². The van der Waals surface area contributed by atoms with Gasteiger partial charge >= 0.3 is 17.9 Å². The van der Waals surface area contributed by atoms with Crippen LogP contribution in [0.2, 0.25) is 0 Å². The molecular formula is C39H66N2O10. The van der Waals surface area contributed by atoms with E-state index in [1.165, 1.54) is 43.9 Å². The minimum absolute atomic E-state index is 0.0548. The molecule has 0 aromatic heterocycles. The van der Waals surface area contributed by atoms with Gasteiger partial charge in [-0.25, -0.2) is 4.79 Å². The molecule has 1 aliphatic heterocycles. The predicted molar refractivity (Wildman–Crippen MR) is 194 cm³/mol. The molecule has 0 bridgehead atoms. The molecule has 12 nitrogen and oxygen atoms in total. The Morgan fingerprint density at radius 1 is 0.686 bits per heavy atom. The number of nitrogens with zero attached hydrogens (tertiary/aromatic N) is 1. The van der Waals surface area contributed by atoms with E-state index in [4.69, 9.17) is 10.2 Å². The van der Waals surface area contributed by atoms with Gasteiger partial charge in [-0.1, -0.05) is 110 Å². The smallest absolute Gasteiger partial charge is 0.326 e. The standard InChI is InChI=1S/C39H66N2O10/c1-29(2)31-28-34(44)41(35(31)45)27-21-17-18-22-30(42)24-25-32(36(46)47)40-33(43)23-19-15-13-11-9-7-5-4-6-8-10-12-14-16-20-26-39(3,37(48)49)38(50)51/h29,31-32H,4-28H2,1-3H3,(H,40,43)(H,46,47)(H,48,49)(H,50,51). The maximum Gasteiger partial charge on any atom is 0.326 e. The van der Waals surface area contributed by atoms with Crippen LogP contribution in [0.1, 0.15) is 175 Å². The Balaban J connectivity index is 2.00. The summed E-state index contributed by atoms with van der Waals surface area (Å²) in [4.78, 5) is 84.6.